The van der Waals surface area contributed by atoms with E-state index in [1.54, 1.807) is 29.8 Å². The SMILES string of the molecule is COC(=O)c1nc2ccc(CNC(=O)c3cc(C(=O)N[C@H]4CCc5cc(-c6noc(=O)[nH]6)ccc54)ncn3)cc2n1C. The number of amides is 2. The van der Waals surface area contributed by atoms with Crippen molar-refractivity contribution in [2.45, 2.75) is 25.4 Å². The van der Waals surface area contributed by atoms with Gasteiger partial charge < -0.3 is 19.9 Å². The van der Waals surface area contributed by atoms with E-state index >= 15 is 0 Å². The third-order valence-electron chi connectivity index (χ3n) is 7.14. The highest BCUT2D eigenvalue weighted by molar-refractivity contribution is 5.97. The molecule has 0 unspecified atom stereocenters. The minimum atomic E-state index is -0.629. The second-order valence-corrected chi connectivity index (χ2v) is 9.70. The quantitative estimate of drug-likeness (QED) is 0.245. The Morgan fingerprint density at radius 3 is 2.67 bits per heavy atom. The van der Waals surface area contributed by atoms with Crippen molar-refractivity contribution in [3.05, 3.63) is 93.2 Å². The third kappa shape index (κ3) is 5.00. The lowest BCUT2D eigenvalue weighted by Crippen LogP contribution is -2.29. The lowest BCUT2D eigenvalue weighted by Gasteiger charge is -2.14. The number of methoxy groups -OCH3 is 1. The van der Waals surface area contributed by atoms with Crippen LogP contribution in [0.2, 0.25) is 0 Å². The summed E-state index contributed by atoms with van der Waals surface area (Å²) in [5.41, 5.74) is 4.90. The smallest absolute Gasteiger partial charge is 0.439 e. The third-order valence-corrected chi connectivity index (χ3v) is 7.14. The van der Waals surface area contributed by atoms with Gasteiger partial charge in [0.05, 0.1) is 24.2 Å². The summed E-state index contributed by atoms with van der Waals surface area (Å²) < 4.78 is 11.0. The van der Waals surface area contributed by atoms with Crippen LogP contribution in [0.3, 0.4) is 0 Å². The van der Waals surface area contributed by atoms with Gasteiger partial charge in [0.15, 0.2) is 5.82 Å². The lowest BCUT2D eigenvalue weighted by atomic mass is 10.0. The van der Waals surface area contributed by atoms with Crippen molar-refractivity contribution in [1.29, 1.82) is 0 Å². The number of fused-ring (bicyclic) bond motifs is 2. The van der Waals surface area contributed by atoms with Crippen molar-refractivity contribution in [2.75, 3.05) is 7.11 Å². The number of hydrogen-bond acceptors (Lipinski definition) is 10. The number of aromatic nitrogens is 6. The molecular formula is C28H24N8O6. The molecule has 6 rings (SSSR count). The van der Waals surface area contributed by atoms with Crippen molar-refractivity contribution in [3.63, 3.8) is 0 Å². The van der Waals surface area contributed by atoms with E-state index in [1.165, 1.54) is 19.5 Å². The fourth-order valence-corrected chi connectivity index (χ4v) is 5.00. The number of nitrogens with zero attached hydrogens (tertiary/aromatic N) is 5. The van der Waals surface area contributed by atoms with E-state index in [1.807, 2.05) is 18.2 Å². The highest BCUT2D eigenvalue weighted by Crippen LogP contribution is 2.33. The number of carbonyl (C=O) groups is 3. The summed E-state index contributed by atoms with van der Waals surface area (Å²) in [7, 11) is 3.00. The number of rotatable bonds is 7. The maximum absolute atomic E-state index is 13.0. The van der Waals surface area contributed by atoms with E-state index in [0.29, 0.717) is 28.8 Å². The Kier molecular flexibility index (Phi) is 6.78. The lowest BCUT2D eigenvalue weighted by molar-refractivity contribution is 0.0583. The molecule has 1 atom stereocenters. The Bertz CT molecular complexity index is 1920. The first kappa shape index (κ1) is 26.6. The van der Waals surface area contributed by atoms with E-state index in [4.69, 9.17) is 4.74 Å². The molecule has 1 aliphatic carbocycles. The molecule has 0 bridgehead atoms. The molecule has 14 heteroatoms. The Labute approximate surface area is 237 Å². The minimum Gasteiger partial charge on any atom is -0.463 e. The van der Waals surface area contributed by atoms with Gasteiger partial charge in [-0.05, 0) is 47.7 Å². The fraction of sp³-hybridized carbons (Fsp3) is 0.214. The van der Waals surface area contributed by atoms with Gasteiger partial charge in [0.1, 0.15) is 17.7 Å². The molecule has 2 aromatic carbocycles. The highest BCUT2D eigenvalue weighted by Gasteiger charge is 2.26. The van der Waals surface area contributed by atoms with Crippen LogP contribution in [0, 0.1) is 0 Å². The van der Waals surface area contributed by atoms with Crippen LogP contribution in [0.15, 0.2) is 58.1 Å². The minimum absolute atomic E-state index is 0.0443. The largest absolute Gasteiger partial charge is 0.463 e. The zero-order valence-corrected chi connectivity index (χ0v) is 22.5. The average Bonchev–Trinajstić information content (AvgIpc) is 3.72. The van der Waals surface area contributed by atoms with Crippen molar-refractivity contribution < 1.29 is 23.6 Å². The van der Waals surface area contributed by atoms with Gasteiger partial charge in [-0.15, -0.1) is 0 Å². The van der Waals surface area contributed by atoms with E-state index in [9.17, 15) is 19.2 Å². The summed E-state index contributed by atoms with van der Waals surface area (Å²) in [6.45, 7) is 0.183. The monoisotopic (exact) mass is 568 g/mol. The van der Waals surface area contributed by atoms with Crippen LogP contribution in [0.5, 0.6) is 0 Å². The van der Waals surface area contributed by atoms with Crippen LogP contribution < -0.4 is 16.4 Å². The molecular weight excluding hydrogens is 544 g/mol. The van der Waals surface area contributed by atoms with Crippen molar-refractivity contribution in [3.8, 4) is 11.4 Å². The first-order valence-electron chi connectivity index (χ1n) is 12.9. The summed E-state index contributed by atoms with van der Waals surface area (Å²) in [6, 6.07) is 12.1. The molecule has 0 spiro atoms. The second kappa shape index (κ2) is 10.7. The van der Waals surface area contributed by atoms with Crippen LogP contribution in [-0.4, -0.2) is 54.6 Å². The molecule has 5 aromatic rings. The summed E-state index contributed by atoms with van der Waals surface area (Å²) >= 11 is 0. The van der Waals surface area contributed by atoms with Crippen LogP contribution in [0.4, 0.5) is 0 Å². The molecule has 1 aliphatic rings. The van der Waals surface area contributed by atoms with Crippen molar-refractivity contribution >= 4 is 28.8 Å². The molecule has 14 nitrogen and oxygen atoms in total. The van der Waals surface area contributed by atoms with E-state index < -0.39 is 23.5 Å². The van der Waals surface area contributed by atoms with Crippen molar-refractivity contribution in [1.82, 2.24) is 40.3 Å². The van der Waals surface area contributed by atoms with Crippen LogP contribution in [0.1, 0.15) is 60.7 Å². The topological polar surface area (TPSA) is 187 Å². The number of esters is 1. The van der Waals surface area contributed by atoms with Gasteiger partial charge in [-0.25, -0.2) is 24.5 Å². The summed E-state index contributed by atoms with van der Waals surface area (Å²) in [6.07, 6.45) is 2.58. The predicted molar refractivity (Wildman–Crippen MR) is 146 cm³/mol. The summed E-state index contributed by atoms with van der Waals surface area (Å²) in [5, 5.41) is 9.50. The molecule has 0 aliphatic heterocycles. The first-order valence-corrected chi connectivity index (χ1v) is 12.9. The molecule has 3 aromatic heterocycles. The molecule has 3 heterocycles. The van der Waals surface area contributed by atoms with Crippen LogP contribution in [0.25, 0.3) is 22.4 Å². The highest BCUT2D eigenvalue weighted by atomic mass is 16.5. The first-order chi connectivity index (χ1) is 20.3. The second-order valence-electron chi connectivity index (χ2n) is 9.70. The molecule has 2 amide bonds. The Morgan fingerprint density at radius 1 is 1.10 bits per heavy atom. The summed E-state index contributed by atoms with van der Waals surface area (Å²) in [4.78, 5) is 64.0. The van der Waals surface area contributed by atoms with Gasteiger partial charge in [0, 0.05) is 25.2 Å². The van der Waals surface area contributed by atoms with Crippen LogP contribution >= 0.6 is 0 Å². The van der Waals surface area contributed by atoms with E-state index in [-0.39, 0.29) is 29.8 Å². The number of hydrogen-bond donors (Lipinski definition) is 3. The fourth-order valence-electron chi connectivity index (χ4n) is 5.00. The van der Waals surface area contributed by atoms with E-state index in [2.05, 4.69) is 40.2 Å². The van der Waals surface area contributed by atoms with E-state index in [0.717, 1.165) is 23.1 Å². The molecule has 0 fully saturated rings. The van der Waals surface area contributed by atoms with Gasteiger partial charge in [-0.1, -0.05) is 23.4 Å². The number of benzene rings is 2. The number of ether oxygens (including phenoxy) is 1. The Morgan fingerprint density at radius 2 is 1.90 bits per heavy atom. The zero-order chi connectivity index (χ0) is 29.4. The zero-order valence-electron chi connectivity index (χ0n) is 22.5. The standard InChI is InChI=1S/C28H24N8O6/c1-36-22-9-14(3-7-19(22)32-24(36)27(39)41-2)12-29-25(37)20-11-21(31-13-30-20)26(38)33-18-8-5-15-10-16(4-6-17(15)18)23-34-28(40)42-35-23/h3-4,6-7,9-11,13,18H,5,8,12H2,1-2H3,(H,29,37)(H,33,38)(H,34,35,40)/t18-/m0/s1. The van der Waals surface area contributed by atoms with Crippen molar-refractivity contribution in [2.24, 2.45) is 7.05 Å². The molecule has 0 saturated heterocycles. The molecule has 212 valence electrons. The van der Waals surface area contributed by atoms with Crippen LogP contribution in [-0.2, 0) is 24.8 Å². The predicted octanol–water partition coefficient (Wildman–Crippen LogP) is 1.84. The molecule has 42 heavy (non-hydrogen) atoms. The average molecular weight is 569 g/mol. The Balaban J connectivity index is 1.11. The van der Waals surface area contributed by atoms with Gasteiger partial charge >= 0.3 is 11.7 Å². The number of carbonyl (C=O) groups excluding carboxylic acids is 3. The molecule has 0 saturated carbocycles. The van der Waals surface area contributed by atoms with Gasteiger partial charge in [-0.2, -0.15) is 0 Å². The number of imidazole rings is 1. The Hall–Kier alpha value is -5.66. The van der Waals surface area contributed by atoms with Gasteiger partial charge in [-0.3, -0.25) is 19.1 Å². The van der Waals surface area contributed by atoms with Gasteiger partial charge in [0.2, 0.25) is 5.82 Å². The molecule has 0 radical (unpaired) electrons. The number of aryl methyl sites for hydroxylation is 2. The number of H-pyrrole nitrogens is 1. The maximum atomic E-state index is 13.0. The number of nitrogens with one attached hydrogen (secondary N) is 3. The maximum Gasteiger partial charge on any atom is 0.439 e. The van der Waals surface area contributed by atoms with Gasteiger partial charge in [0.25, 0.3) is 11.8 Å². The number of aromatic amines is 1. The normalized spacial score (nSPS) is 14.0. The summed E-state index contributed by atoms with van der Waals surface area (Å²) in [5.74, 6) is -1.56. The molecule has 3 N–H and O–H groups in total.